The number of benzene rings is 2. The molecule has 12 nitrogen and oxygen atoms in total. The molecule has 0 aromatic heterocycles. The molecule has 2 aliphatic heterocycles. The van der Waals surface area contributed by atoms with Crippen molar-refractivity contribution in [2.45, 2.75) is 44.2 Å². The highest BCUT2D eigenvalue weighted by Crippen LogP contribution is 2.44. The summed E-state index contributed by atoms with van der Waals surface area (Å²) in [4.78, 5) is 63.4. The van der Waals surface area contributed by atoms with Gasteiger partial charge in [0.05, 0.1) is 17.7 Å². The van der Waals surface area contributed by atoms with E-state index in [2.05, 4.69) is 0 Å². The summed E-state index contributed by atoms with van der Waals surface area (Å²) in [6.07, 6.45) is -2.47. The van der Waals surface area contributed by atoms with Gasteiger partial charge in [-0.2, -0.15) is 9.80 Å². The Labute approximate surface area is 211 Å². The monoisotopic (exact) mass is 511 g/mol. The number of amides is 4. The maximum atomic E-state index is 13.4. The van der Waals surface area contributed by atoms with Crippen LogP contribution >= 0.6 is 0 Å². The number of nitrogens with zero attached hydrogens (tertiary/aromatic N) is 3. The van der Waals surface area contributed by atoms with Crippen molar-refractivity contribution < 1.29 is 43.7 Å². The molecular formula is C25H25N3O9. The van der Waals surface area contributed by atoms with Gasteiger partial charge in [0.25, 0.3) is 11.8 Å². The smallest absolute Gasteiger partial charge is 0.543 e. The Kier molecular flexibility index (Phi) is 7.18. The lowest BCUT2D eigenvalue weighted by atomic mass is 9.90. The van der Waals surface area contributed by atoms with Gasteiger partial charge in [-0.25, -0.2) is 9.59 Å². The Balaban J connectivity index is 1.53. The van der Waals surface area contributed by atoms with E-state index in [9.17, 15) is 39.4 Å². The van der Waals surface area contributed by atoms with Gasteiger partial charge in [-0.05, 0) is 35.7 Å². The highest BCUT2D eigenvalue weighted by Gasteiger charge is 2.71. The van der Waals surface area contributed by atoms with E-state index in [0.717, 1.165) is 5.56 Å². The van der Waals surface area contributed by atoms with Crippen LogP contribution < -0.4 is 0 Å². The first kappa shape index (κ1) is 26.1. The maximum absolute atomic E-state index is 13.4. The van der Waals surface area contributed by atoms with Gasteiger partial charge in [0.1, 0.15) is 6.42 Å². The van der Waals surface area contributed by atoms with Crippen molar-refractivity contribution in [2.75, 3.05) is 6.61 Å². The van der Waals surface area contributed by atoms with Crippen molar-refractivity contribution in [1.82, 2.24) is 10.1 Å². The van der Waals surface area contributed by atoms with E-state index in [1.165, 1.54) is 24.3 Å². The molecule has 37 heavy (non-hydrogen) atoms. The number of carbonyl (C=O) groups excluding carboxylic acids is 3. The minimum Gasteiger partial charge on any atom is -0.592 e. The molecular weight excluding hydrogens is 486 g/mol. The second-order valence-electron chi connectivity index (χ2n) is 8.87. The number of hydrogen-bond acceptors (Lipinski definition) is 8. The molecule has 2 unspecified atom stereocenters. The quantitative estimate of drug-likeness (QED) is 0.210. The van der Waals surface area contributed by atoms with E-state index in [1.807, 2.05) is 30.3 Å². The van der Waals surface area contributed by atoms with Crippen molar-refractivity contribution in [3.63, 3.8) is 0 Å². The van der Waals surface area contributed by atoms with Crippen molar-refractivity contribution in [2.24, 2.45) is 0 Å². The molecule has 2 heterocycles. The summed E-state index contributed by atoms with van der Waals surface area (Å²) in [5, 5.41) is 33.6. The molecule has 1 fully saturated rings. The summed E-state index contributed by atoms with van der Waals surface area (Å²) < 4.78 is 2.80. The lowest BCUT2D eigenvalue weighted by Gasteiger charge is -2.44. The molecule has 4 amide bonds. The molecule has 194 valence electrons. The number of quaternary nitrogens is 1. The number of carboxylic acid groups (broad SMARTS) is 2. The van der Waals surface area contributed by atoms with Crippen molar-refractivity contribution in [3.05, 3.63) is 76.5 Å². The summed E-state index contributed by atoms with van der Waals surface area (Å²) >= 11 is 0. The zero-order valence-corrected chi connectivity index (χ0v) is 19.7. The lowest BCUT2D eigenvalue weighted by molar-refractivity contribution is -0.876. The summed E-state index contributed by atoms with van der Waals surface area (Å²) in [5.74, 6) is -5.34. The molecule has 0 radical (unpaired) electrons. The van der Waals surface area contributed by atoms with Gasteiger partial charge in [-0.1, -0.05) is 60.1 Å². The largest absolute Gasteiger partial charge is 0.592 e. The fraction of sp³-hybridized carbons (Fsp3) is 0.320. The van der Waals surface area contributed by atoms with Crippen LogP contribution in [0.4, 0.5) is 4.79 Å². The number of unbranched alkanes of at least 4 members (excludes halogenated alkanes) is 2. The molecule has 1 saturated heterocycles. The third-order valence-corrected chi connectivity index (χ3v) is 6.54. The standard InChI is InChI=1S/C25H25N3O9/c29-20-15-25(23(32)33,13-7-2-8-14-37-16-17-9-3-1-4-10-17)27(28(20,36)24(34)35)26-21(30)18-11-5-6-12-19(18)22(26)31/h1,3-6,9-12H,2,7-8,13-16H2,(H,32,33)(H,34,35). The topological polar surface area (TPSA) is 165 Å². The normalized spacial score (nSPS) is 23.5. The average Bonchev–Trinajstić information content (AvgIpc) is 3.27. The molecule has 2 aliphatic rings. The zero-order chi connectivity index (χ0) is 26.8. The van der Waals surface area contributed by atoms with Crippen LogP contribution in [0.15, 0.2) is 54.6 Å². The second kappa shape index (κ2) is 10.2. The lowest BCUT2D eigenvalue weighted by Crippen LogP contribution is -2.71. The third-order valence-electron chi connectivity index (χ3n) is 6.54. The van der Waals surface area contributed by atoms with Crippen LogP contribution in [0.1, 0.15) is 58.4 Å². The number of carboxylic acids is 1. The number of hydroxylamine groups is 2. The van der Waals surface area contributed by atoms with Crippen molar-refractivity contribution in [3.8, 4) is 0 Å². The van der Waals surface area contributed by atoms with E-state index in [1.54, 1.807) is 0 Å². The summed E-state index contributed by atoms with van der Waals surface area (Å²) in [7, 11) is 0. The summed E-state index contributed by atoms with van der Waals surface area (Å²) in [6, 6.07) is 15.0. The van der Waals surface area contributed by atoms with Gasteiger partial charge in [-0.3, -0.25) is 9.59 Å². The molecule has 2 N–H and O–H groups in total. The summed E-state index contributed by atoms with van der Waals surface area (Å²) in [6.45, 7) is 0.767. The first-order valence-electron chi connectivity index (χ1n) is 11.6. The number of hydrazine groups is 1. The molecule has 0 aliphatic carbocycles. The molecule has 4 rings (SSSR count). The number of carbonyl (C=O) groups is 5. The van der Waals surface area contributed by atoms with Gasteiger partial charge in [-0.15, -0.1) is 0 Å². The van der Waals surface area contributed by atoms with E-state index >= 15 is 0 Å². The highest BCUT2D eigenvalue weighted by molar-refractivity contribution is 6.21. The minimum absolute atomic E-state index is 0.0938. The molecule has 2 atom stereocenters. The molecule has 0 saturated carbocycles. The number of fused-ring (bicyclic) bond motifs is 1. The Morgan fingerprint density at radius 2 is 1.51 bits per heavy atom. The van der Waals surface area contributed by atoms with E-state index in [-0.39, 0.29) is 34.1 Å². The van der Waals surface area contributed by atoms with Crippen LogP contribution in [0.5, 0.6) is 0 Å². The zero-order valence-electron chi connectivity index (χ0n) is 19.7. The Morgan fingerprint density at radius 1 is 0.919 bits per heavy atom. The van der Waals surface area contributed by atoms with Crippen LogP contribution in [0.2, 0.25) is 0 Å². The van der Waals surface area contributed by atoms with E-state index in [0.29, 0.717) is 26.1 Å². The van der Waals surface area contributed by atoms with Crippen LogP contribution in [-0.2, 0) is 20.9 Å². The van der Waals surface area contributed by atoms with Crippen LogP contribution in [0, 0.1) is 5.21 Å². The SMILES string of the molecule is O=C1c2ccccc2C(=O)N1N1C(CCCCCOCc2ccccc2)(C(=O)O)CC(=O)[N+]1([O-])C(=O)O. The van der Waals surface area contributed by atoms with Gasteiger partial charge >= 0.3 is 18.0 Å². The molecule has 2 aromatic carbocycles. The first-order chi connectivity index (χ1) is 17.6. The summed E-state index contributed by atoms with van der Waals surface area (Å²) in [5.41, 5.74) is -1.68. The van der Waals surface area contributed by atoms with Gasteiger partial charge in [0.2, 0.25) is 5.54 Å². The van der Waals surface area contributed by atoms with Gasteiger partial charge in [0.15, 0.2) is 0 Å². The predicted molar refractivity (Wildman–Crippen MR) is 125 cm³/mol. The third kappa shape index (κ3) is 4.40. The first-order valence-corrected chi connectivity index (χ1v) is 11.6. The van der Waals surface area contributed by atoms with Crippen molar-refractivity contribution >= 4 is 29.8 Å². The molecule has 0 spiro atoms. The van der Waals surface area contributed by atoms with Gasteiger partial charge < -0.3 is 20.2 Å². The Hall–Kier alpha value is -3.97. The molecule has 0 bridgehead atoms. The number of ether oxygens (including phenoxy) is 1. The average molecular weight is 511 g/mol. The van der Waals surface area contributed by atoms with Crippen LogP contribution in [0.25, 0.3) is 0 Å². The van der Waals surface area contributed by atoms with E-state index in [4.69, 9.17) is 4.74 Å². The fourth-order valence-electron chi connectivity index (χ4n) is 4.68. The van der Waals surface area contributed by atoms with Crippen LogP contribution in [0.3, 0.4) is 0 Å². The van der Waals surface area contributed by atoms with Crippen LogP contribution in [-0.4, -0.2) is 67.0 Å². The number of imide groups is 2. The second-order valence-corrected chi connectivity index (χ2v) is 8.87. The Morgan fingerprint density at radius 3 is 2.08 bits per heavy atom. The number of hydrogen-bond donors (Lipinski definition) is 2. The number of rotatable bonds is 10. The van der Waals surface area contributed by atoms with Gasteiger partial charge in [0, 0.05) is 6.61 Å². The molecule has 12 heteroatoms. The predicted octanol–water partition coefficient (Wildman–Crippen LogP) is 2.94. The Bertz CT molecular complexity index is 1220. The van der Waals surface area contributed by atoms with Crippen molar-refractivity contribution in [1.29, 1.82) is 0 Å². The highest BCUT2D eigenvalue weighted by atomic mass is 16.7. The fourth-order valence-corrected chi connectivity index (χ4v) is 4.68. The maximum Gasteiger partial charge on any atom is 0.543 e. The number of aliphatic carboxylic acids is 1. The molecule has 2 aromatic rings. The van der Waals surface area contributed by atoms with E-state index < -0.39 is 46.5 Å². The minimum atomic E-state index is -2.81.